The Bertz CT molecular complexity index is 1060. The van der Waals surface area contributed by atoms with E-state index >= 15 is 0 Å². The third kappa shape index (κ3) is 3.84. The number of aromatic nitrogens is 1. The van der Waals surface area contributed by atoms with E-state index in [2.05, 4.69) is 10.3 Å². The van der Waals surface area contributed by atoms with Gasteiger partial charge in [0.25, 0.3) is 6.01 Å². The molecule has 2 aromatic carbocycles. The number of aryl methyl sites for hydroxylation is 1. The maximum atomic E-state index is 12.3. The highest BCUT2D eigenvalue weighted by atomic mass is 16.5. The molecule has 0 saturated carbocycles. The number of carboxylic acids is 1. The zero-order valence-corrected chi connectivity index (χ0v) is 14.7. The van der Waals surface area contributed by atoms with Gasteiger partial charge in [0, 0.05) is 6.42 Å². The Balaban J connectivity index is 1.93. The second-order valence-corrected chi connectivity index (χ2v) is 6.01. The van der Waals surface area contributed by atoms with Gasteiger partial charge in [-0.2, -0.15) is 4.98 Å². The van der Waals surface area contributed by atoms with E-state index in [0.717, 1.165) is 11.1 Å². The molecule has 0 amide bonds. The Kier molecular flexibility index (Phi) is 4.98. The van der Waals surface area contributed by atoms with Crippen LogP contribution in [0.1, 0.15) is 11.1 Å². The van der Waals surface area contributed by atoms with Crippen LogP contribution in [-0.2, 0) is 11.2 Å². The average molecular weight is 370 g/mol. The van der Waals surface area contributed by atoms with Crippen LogP contribution in [0, 0.1) is 6.92 Å². The van der Waals surface area contributed by atoms with Crippen molar-refractivity contribution in [3.8, 4) is 11.5 Å². The first-order valence-electron chi connectivity index (χ1n) is 8.14. The Hall–Kier alpha value is -3.55. The first-order chi connectivity index (χ1) is 12.9. The summed E-state index contributed by atoms with van der Waals surface area (Å²) < 4.78 is 10.3. The topological polar surface area (TPSA) is 122 Å². The summed E-state index contributed by atoms with van der Waals surface area (Å²) in [5, 5.41) is 21.9. The molecule has 140 valence electrons. The van der Waals surface area contributed by atoms with Gasteiger partial charge in [-0.05, 0) is 42.3 Å². The normalized spacial score (nSPS) is 11.9. The minimum Gasteiger partial charge on any atom is -0.508 e. The van der Waals surface area contributed by atoms with Crippen molar-refractivity contribution in [1.82, 2.24) is 4.98 Å². The summed E-state index contributed by atoms with van der Waals surface area (Å²) >= 11 is 0. The van der Waals surface area contributed by atoms with Crippen LogP contribution in [0.25, 0.3) is 10.9 Å². The monoisotopic (exact) mass is 370 g/mol. The van der Waals surface area contributed by atoms with Crippen molar-refractivity contribution in [3.63, 3.8) is 0 Å². The maximum Gasteiger partial charge on any atom is 0.351 e. The zero-order valence-electron chi connectivity index (χ0n) is 14.7. The van der Waals surface area contributed by atoms with Crippen LogP contribution in [0.3, 0.4) is 0 Å². The number of hydrogen-bond donors (Lipinski definition) is 3. The smallest absolute Gasteiger partial charge is 0.351 e. The molecule has 1 heterocycles. The van der Waals surface area contributed by atoms with Crippen LogP contribution >= 0.6 is 0 Å². The van der Waals surface area contributed by atoms with Gasteiger partial charge in [-0.25, -0.2) is 9.59 Å². The van der Waals surface area contributed by atoms with Gasteiger partial charge in [0.2, 0.25) is 0 Å². The number of fused-ring (bicyclic) bond motifs is 1. The first kappa shape index (κ1) is 18.2. The molecule has 3 rings (SSSR count). The SMILES string of the molecule is COc1cccc2nc(N[C@@H](Cc3ccc(O)cc3C)C(=O)O)oc(=O)c12. The Morgan fingerprint density at radius 3 is 2.78 bits per heavy atom. The van der Waals surface area contributed by atoms with Crippen molar-refractivity contribution < 1.29 is 24.2 Å². The van der Waals surface area contributed by atoms with E-state index in [4.69, 9.17) is 9.15 Å². The molecule has 0 aliphatic heterocycles. The number of carbonyl (C=O) groups is 1. The van der Waals surface area contributed by atoms with E-state index in [1.54, 1.807) is 37.3 Å². The number of carboxylic acid groups (broad SMARTS) is 1. The van der Waals surface area contributed by atoms with Gasteiger partial charge in [-0.3, -0.25) is 0 Å². The van der Waals surface area contributed by atoms with Crippen molar-refractivity contribution in [2.24, 2.45) is 0 Å². The number of nitrogens with one attached hydrogen (secondary N) is 1. The zero-order chi connectivity index (χ0) is 19.6. The molecular weight excluding hydrogens is 352 g/mol. The highest BCUT2D eigenvalue weighted by Crippen LogP contribution is 2.23. The van der Waals surface area contributed by atoms with E-state index in [9.17, 15) is 19.8 Å². The van der Waals surface area contributed by atoms with Gasteiger partial charge < -0.3 is 24.7 Å². The molecule has 0 aliphatic carbocycles. The van der Waals surface area contributed by atoms with Gasteiger partial charge in [-0.1, -0.05) is 12.1 Å². The maximum absolute atomic E-state index is 12.3. The lowest BCUT2D eigenvalue weighted by molar-refractivity contribution is -0.137. The van der Waals surface area contributed by atoms with Gasteiger partial charge in [0.15, 0.2) is 0 Å². The van der Waals surface area contributed by atoms with Crippen LogP contribution in [-0.4, -0.2) is 34.3 Å². The number of aliphatic carboxylic acids is 1. The number of aromatic hydroxyl groups is 1. The summed E-state index contributed by atoms with van der Waals surface area (Å²) in [6.07, 6.45) is 0.114. The Morgan fingerprint density at radius 1 is 1.33 bits per heavy atom. The minimum atomic E-state index is -1.13. The summed E-state index contributed by atoms with van der Waals surface area (Å²) in [5.74, 6) is -0.695. The lowest BCUT2D eigenvalue weighted by Gasteiger charge is -2.16. The lowest BCUT2D eigenvalue weighted by Crippen LogP contribution is -2.32. The van der Waals surface area contributed by atoms with Crippen LogP contribution in [0.5, 0.6) is 11.5 Å². The third-order valence-electron chi connectivity index (χ3n) is 4.19. The fraction of sp³-hybridized carbons (Fsp3) is 0.211. The number of ether oxygens (including phenoxy) is 1. The van der Waals surface area contributed by atoms with Crippen LogP contribution in [0.2, 0.25) is 0 Å². The Labute approximate surface area is 154 Å². The van der Waals surface area contributed by atoms with E-state index in [0.29, 0.717) is 11.3 Å². The molecular formula is C19H18N2O6. The van der Waals surface area contributed by atoms with E-state index in [1.807, 2.05) is 0 Å². The Morgan fingerprint density at radius 2 is 2.11 bits per heavy atom. The molecule has 8 heteroatoms. The predicted molar refractivity (Wildman–Crippen MR) is 98.4 cm³/mol. The molecule has 3 N–H and O–H groups in total. The highest BCUT2D eigenvalue weighted by molar-refractivity contribution is 5.84. The second-order valence-electron chi connectivity index (χ2n) is 6.01. The van der Waals surface area contributed by atoms with Crippen LogP contribution in [0.15, 0.2) is 45.6 Å². The summed E-state index contributed by atoms with van der Waals surface area (Å²) in [4.78, 5) is 28.1. The predicted octanol–water partition coefficient (Wildman–Crippen LogP) is 2.32. The van der Waals surface area contributed by atoms with E-state index in [1.165, 1.54) is 13.2 Å². The standard InChI is InChI=1S/C19H18N2O6/c1-10-8-12(22)7-6-11(10)9-14(17(23)24)21-19-20-13-4-3-5-15(26-2)16(13)18(25)27-19/h3-8,14,22H,9H2,1-2H3,(H,20,21)(H,23,24)/t14-/m0/s1. The lowest BCUT2D eigenvalue weighted by atomic mass is 10.0. The van der Waals surface area contributed by atoms with Gasteiger partial charge in [0.1, 0.15) is 22.9 Å². The average Bonchev–Trinajstić information content (AvgIpc) is 2.62. The van der Waals surface area contributed by atoms with Gasteiger partial charge in [-0.15, -0.1) is 0 Å². The van der Waals surface area contributed by atoms with Crippen molar-refractivity contribution in [2.45, 2.75) is 19.4 Å². The summed E-state index contributed by atoms with van der Waals surface area (Å²) in [5.41, 5.74) is 1.14. The molecule has 8 nitrogen and oxygen atoms in total. The number of benzene rings is 2. The highest BCUT2D eigenvalue weighted by Gasteiger charge is 2.21. The number of rotatable bonds is 6. The molecule has 1 atom stereocenters. The molecule has 3 aromatic rings. The summed E-state index contributed by atoms with van der Waals surface area (Å²) in [7, 11) is 1.43. The van der Waals surface area contributed by atoms with Crippen LogP contribution < -0.4 is 15.7 Å². The van der Waals surface area contributed by atoms with E-state index < -0.39 is 17.6 Å². The first-order valence-corrected chi connectivity index (χ1v) is 8.14. The molecule has 0 fully saturated rings. The molecule has 1 aromatic heterocycles. The molecule has 0 bridgehead atoms. The number of anilines is 1. The molecule has 0 spiro atoms. The number of phenolic OH excluding ortho intramolecular Hbond substituents is 1. The fourth-order valence-electron chi connectivity index (χ4n) is 2.80. The van der Waals surface area contributed by atoms with Crippen LogP contribution in [0.4, 0.5) is 6.01 Å². The van der Waals surface area contributed by atoms with Crippen molar-refractivity contribution in [1.29, 1.82) is 0 Å². The van der Waals surface area contributed by atoms with Gasteiger partial charge >= 0.3 is 11.6 Å². The number of methoxy groups -OCH3 is 1. The van der Waals surface area contributed by atoms with Crippen molar-refractivity contribution in [2.75, 3.05) is 12.4 Å². The van der Waals surface area contributed by atoms with E-state index in [-0.39, 0.29) is 23.6 Å². The quantitative estimate of drug-likeness (QED) is 0.604. The number of nitrogens with zero attached hydrogens (tertiary/aromatic N) is 1. The van der Waals surface area contributed by atoms with Crippen molar-refractivity contribution >= 4 is 22.9 Å². The molecule has 0 unspecified atom stereocenters. The molecule has 0 radical (unpaired) electrons. The van der Waals surface area contributed by atoms with Gasteiger partial charge in [0.05, 0.1) is 12.6 Å². The minimum absolute atomic E-state index is 0.104. The second kappa shape index (κ2) is 7.36. The fourth-order valence-corrected chi connectivity index (χ4v) is 2.80. The molecule has 0 aliphatic rings. The number of phenols is 1. The third-order valence-corrected chi connectivity index (χ3v) is 4.19. The van der Waals surface area contributed by atoms with Crippen molar-refractivity contribution in [3.05, 3.63) is 57.9 Å². The molecule has 27 heavy (non-hydrogen) atoms. The molecule has 0 saturated heterocycles. The largest absolute Gasteiger partial charge is 0.508 e. The summed E-state index contributed by atoms with van der Waals surface area (Å²) in [6, 6.07) is 8.32. The summed E-state index contributed by atoms with van der Waals surface area (Å²) in [6.45, 7) is 1.77. The number of hydrogen-bond acceptors (Lipinski definition) is 7.